The lowest BCUT2D eigenvalue weighted by Crippen LogP contribution is -2.48. The molecular formula is C24H31N3O2. The second-order valence-electron chi connectivity index (χ2n) is 8.07. The van der Waals surface area contributed by atoms with Crippen molar-refractivity contribution in [1.82, 2.24) is 10.2 Å². The third-order valence-electron chi connectivity index (χ3n) is 5.97. The third kappa shape index (κ3) is 4.98. The molecule has 0 bridgehead atoms. The van der Waals surface area contributed by atoms with E-state index in [9.17, 15) is 4.79 Å². The van der Waals surface area contributed by atoms with Gasteiger partial charge in [0.2, 0.25) is 0 Å². The van der Waals surface area contributed by atoms with Gasteiger partial charge in [0.15, 0.2) is 0 Å². The summed E-state index contributed by atoms with van der Waals surface area (Å²) >= 11 is 0. The Balaban J connectivity index is 1.61. The largest absolute Gasteiger partial charge is 0.378 e. The maximum Gasteiger partial charge on any atom is 0.324 e. The molecule has 29 heavy (non-hydrogen) atoms. The lowest BCUT2D eigenvalue weighted by Gasteiger charge is -2.33. The molecule has 1 N–H and O–H groups in total. The van der Waals surface area contributed by atoms with Crippen LogP contribution < -0.4 is 10.2 Å². The van der Waals surface area contributed by atoms with E-state index in [0.29, 0.717) is 38.8 Å². The predicted octanol–water partition coefficient (Wildman–Crippen LogP) is 3.92. The number of nitrogens with one attached hydrogen (secondary N) is 1. The van der Waals surface area contributed by atoms with Crippen molar-refractivity contribution in [3.05, 3.63) is 65.2 Å². The average Bonchev–Trinajstić information content (AvgIpc) is 2.79. The summed E-state index contributed by atoms with van der Waals surface area (Å²) < 4.78 is 5.45. The van der Waals surface area contributed by atoms with E-state index in [4.69, 9.17) is 4.74 Å². The summed E-state index contributed by atoms with van der Waals surface area (Å²) in [4.78, 5) is 17.3. The van der Waals surface area contributed by atoms with Gasteiger partial charge >= 0.3 is 6.03 Å². The summed E-state index contributed by atoms with van der Waals surface area (Å²) in [6, 6.07) is 17.1. The SMILES string of the molecule is Cc1ccc(CN(C(=O)N2CCOCC2)c2cccc(C3CCNCC3)c2)cc1. The van der Waals surface area contributed by atoms with Gasteiger partial charge in [0.1, 0.15) is 0 Å². The Kier molecular flexibility index (Phi) is 6.47. The molecule has 5 heteroatoms. The third-order valence-corrected chi connectivity index (χ3v) is 5.97. The number of piperidine rings is 1. The molecular weight excluding hydrogens is 362 g/mol. The van der Waals surface area contributed by atoms with Gasteiger partial charge in [-0.1, -0.05) is 42.0 Å². The van der Waals surface area contributed by atoms with E-state index in [2.05, 4.69) is 60.8 Å². The van der Waals surface area contributed by atoms with Crippen LogP contribution >= 0.6 is 0 Å². The zero-order valence-electron chi connectivity index (χ0n) is 17.3. The molecule has 0 saturated carbocycles. The molecule has 0 atom stereocenters. The van der Waals surface area contributed by atoms with Gasteiger partial charge < -0.3 is 15.0 Å². The summed E-state index contributed by atoms with van der Waals surface area (Å²) in [5.74, 6) is 0.566. The molecule has 2 heterocycles. The molecule has 2 amide bonds. The van der Waals surface area contributed by atoms with Crippen LogP contribution in [0.5, 0.6) is 0 Å². The highest BCUT2D eigenvalue weighted by Crippen LogP contribution is 2.29. The topological polar surface area (TPSA) is 44.8 Å². The van der Waals surface area contributed by atoms with Gasteiger partial charge in [0, 0.05) is 18.8 Å². The molecule has 2 aromatic carbocycles. The van der Waals surface area contributed by atoms with E-state index in [1.807, 2.05) is 9.80 Å². The summed E-state index contributed by atoms with van der Waals surface area (Å²) in [7, 11) is 0. The Labute approximate surface area is 173 Å². The number of hydrogen-bond acceptors (Lipinski definition) is 3. The number of rotatable bonds is 4. The summed E-state index contributed by atoms with van der Waals surface area (Å²) in [6.45, 7) is 7.31. The molecule has 0 aliphatic carbocycles. The van der Waals surface area contributed by atoms with Crippen molar-refractivity contribution in [2.45, 2.75) is 32.2 Å². The predicted molar refractivity (Wildman–Crippen MR) is 116 cm³/mol. The van der Waals surface area contributed by atoms with Gasteiger partial charge in [-0.25, -0.2) is 4.79 Å². The van der Waals surface area contributed by atoms with Gasteiger partial charge in [-0.3, -0.25) is 4.90 Å². The number of morpholine rings is 1. The van der Waals surface area contributed by atoms with Crippen molar-refractivity contribution >= 4 is 11.7 Å². The van der Waals surface area contributed by atoms with Crippen LogP contribution in [0.25, 0.3) is 0 Å². The van der Waals surface area contributed by atoms with Crippen LogP contribution in [-0.2, 0) is 11.3 Å². The first kappa shape index (κ1) is 19.9. The molecule has 2 saturated heterocycles. The minimum absolute atomic E-state index is 0.0661. The van der Waals surface area contributed by atoms with Crippen LogP contribution in [0.4, 0.5) is 10.5 Å². The first-order valence-corrected chi connectivity index (χ1v) is 10.7. The highest BCUT2D eigenvalue weighted by molar-refractivity contribution is 5.92. The van der Waals surface area contributed by atoms with E-state index in [1.54, 1.807) is 0 Å². The van der Waals surface area contributed by atoms with E-state index in [-0.39, 0.29) is 6.03 Å². The van der Waals surface area contributed by atoms with Crippen LogP contribution in [0.2, 0.25) is 0 Å². The molecule has 0 radical (unpaired) electrons. The standard InChI is InChI=1S/C24H31N3O2/c1-19-5-7-20(8-6-19)18-27(24(28)26-13-15-29-16-14-26)23-4-2-3-22(17-23)21-9-11-25-12-10-21/h2-8,17,21,25H,9-16,18H2,1H3. The molecule has 0 aromatic heterocycles. The van der Waals surface area contributed by atoms with Crippen molar-refractivity contribution in [3.63, 3.8) is 0 Å². The fourth-order valence-electron chi connectivity index (χ4n) is 4.17. The van der Waals surface area contributed by atoms with Crippen molar-refractivity contribution in [2.24, 2.45) is 0 Å². The fraction of sp³-hybridized carbons (Fsp3) is 0.458. The Morgan fingerprint density at radius 1 is 1.10 bits per heavy atom. The van der Waals surface area contributed by atoms with Crippen LogP contribution in [-0.4, -0.2) is 50.3 Å². The van der Waals surface area contributed by atoms with E-state index < -0.39 is 0 Å². The molecule has 0 unspecified atom stereocenters. The van der Waals surface area contributed by atoms with E-state index in [0.717, 1.165) is 37.2 Å². The Hall–Kier alpha value is -2.37. The highest BCUT2D eigenvalue weighted by atomic mass is 16.5. The van der Waals surface area contributed by atoms with Crippen LogP contribution in [0.3, 0.4) is 0 Å². The monoisotopic (exact) mass is 393 g/mol. The minimum atomic E-state index is 0.0661. The quantitative estimate of drug-likeness (QED) is 0.856. The van der Waals surface area contributed by atoms with Gasteiger partial charge in [0.25, 0.3) is 0 Å². The van der Waals surface area contributed by atoms with Crippen molar-refractivity contribution in [2.75, 3.05) is 44.3 Å². The van der Waals surface area contributed by atoms with Crippen molar-refractivity contribution in [1.29, 1.82) is 0 Å². The molecule has 154 valence electrons. The van der Waals surface area contributed by atoms with Crippen molar-refractivity contribution in [3.8, 4) is 0 Å². The van der Waals surface area contributed by atoms with Gasteiger partial charge in [-0.15, -0.1) is 0 Å². The normalized spacial score (nSPS) is 17.9. The zero-order chi connectivity index (χ0) is 20.1. The second-order valence-corrected chi connectivity index (χ2v) is 8.07. The number of benzene rings is 2. The first-order chi connectivity index (χ1) is 14.2. The van der Waals surface area contributed by atoms with Crippen LogP contribution in [0.15, 0.2) is 48.5 Å². The number of nitrogens with zero attached hydrogens (tertiary/aromatic N) is 2. The van der Waals surface area contributed by atoms with Crippen LogP contribution in [0, 0.1) is 6.92 Å². The number of hydrogen-bond donors (Lipinski definition) is 1. The minimum Gasteiger partial charge on any atom is -0.378 e. The number of amides is 2. The first-order valence-electron chi connectivity index (χ1n) is 10.7. The Bertz CT molecular complexity index is 809. The van der Waals surface area contributed by atoms with E-state index >= 15 is 0 Å². The number of ether oxygens (including phenoxy) is 1. The zero-order valence-corrected chi connectivity index (χ0v) is 17.3. The van der Waals surface area contributed by atoms with Gasteiger partial charge in [-0.2, -0.15) is 0 Å². The van der Waals surface area contributed by atoms with E-state index in [1.165, 1.54) is 11.1 Å². The number of carbonyl (C=O) groups is 1. The smallest absolute Gasteiger partial charge is 0.324 e. The summed E-state index contributed by atoms with van der Waals surface area (Å²) in [5.41, 5.74) is 4.70. The summed E-state index contributed by atoms with van der Waals surface area (Å²) in [6.07, 6.45) is 2.30. The Morgan fingerprint density at radius 3 is 2.55 bits per heavy atom. The van der Waals surface area contributed by atoms with Gasteiger partial charge in [0.05, 0.1) is 19.8 Å². The Morgan fingerprint density at radius 2 is 1.83 bits per heavy atom. The molecule has 2 aromatic rings. The molecule has 2 aliphatic heterocycles. The molecule has 2 aliphatic rings. The lowest BCUT2D eigenvalue weighted by atomic mass is 9.90. The maximum atomic E-state index is 13.4. The highest BCUT2D eigenvalue weighted by Gasteiger charge is 2.25. The van der Waals surface area contributed by atoms with Crippen molar-refractivity contribution < 1.29 is 9.53 Å². The molecule has 5 nitrogen and oxygen atoms in total. The number of aryl methyl sites for hydroxylation is 1. The number of carbonyl (C=O) groups excluding carboxylic acids is 1. The lowest BCUT2D eigenvalue weighted by molar-refractivity contribution is 0.0548. The maximum absolute atomic E-state index is 13.4. The second kappa shape index (κ2) is 9.42. The fourth-order valence-corrected chi connectivity index (χ4v) is 4.17. The molecule has 2 fully saturated rings. The average molecular weight is 394 g/mol. The molecule has 0 spiro atoms. The molecule has 4 rings (SSSR count). The number of urea groups is 1. The van der Waals surface area contributed by atoms with Crippen LogP contribution in [0.1, 0.15) is 35.4 Å². The summed E-state index contributed by atoms with van der Waals surface area (Å²) in [5, 5.41) is 3.44. The number of anilines is 1. The van der Waals surface area contributed by atoms with Gasteiger partial charge in [-0.05, 0) is 62.0 Å².